The van der Waals surface area contributed by atoms with Crippen LogP contribution in [0.2, 0.25) is 0 Å². The highest BCUT2D eigenvalue weighted by Gasteiger charge is 2.63. The highest BCUT2D eigenvalue weighted by Crippen LogP contribution is 2.58. The lowest BCUT2D eigenvalue weighted by Gasteiger charge is -2.15. The molecule has 3 atom stereocenters. The molecule has 3 aromatic carbocycles. The number of carbonyl (C=O) groups is 1. The lowest BCUT2D eigenvalue weighted by molar-refractivity contribution is -0.139. The van der Waals surface area contributed by atoms with Gasteiger partial charge in [-0.05, 0) is 72.4 Å². The van der Waals surface area contributed by atoms with E-state index in [4.69, 9.17) is 14.2 Å². The molecule has 0 unspecified atom stereocenters. The van der Waals surface area contributed by atoms with Crippen LogP contribution < -0.4 is 14.2 Å². The second-order valence-electron chi connectivity index (χ2n) is 9.92. The summed E-state index contributed by atoms with van der Waals surface area (Å²) in [6, 6.07) is 17.8. The molecule has 3 aromatic rings. The van der Waals surface area contributed by atoms with Gasteiger partial charge in [-0.25, -0.2) is 8.42 Å². The smallest absolute Gasteiger partial charge is 0.311 e. The van der Waals surface area contributed by atoms with Crippen molar-refractivity contribution in [3.8, 4) is 28.4 Å². The lowest BCUT2D eigenvalue weighted by Crippen LogP contribution is -2.08. The number of carboxylic acids is 1. The van der Waals surface area contributed by atoms with Crippen molar-refractivity contribution >= 4 is 15.8 Å². The zero-order valence-electron chi connectivity index (χ0n) is 21.1. The summed E-state index contributed by atoms with van der Waals surface area (Å²) in [6.07, 6.45) is 1.44. The van der Waals surface area contributed by atoms with Crippen LogP contribution >= 0.6 is 0 Å². The molecule has 37 heavy (non-hydrogen) atoms. The standard InChI is InChI=1S/C29H30O7S/c1-17-12-22(34-10-5-11-37(3,32)33)13-18(2)25(17)20-7-4-6-19(14-20)16-35-21-8-9-23-24(15-21)36-28-26(23)27(28)29(30)31/h4,6-9,12-15,26-28H,5,10-11,16H2,1-3H3,(H,30,31)/t26-,27-,28-/m1/s1. The maximum atomic E-state index is 11.3. The molecule has 8 heteroatoms. The Morgan fingerprint density at radius 2 is 1.76 bits per heavy atom. The van der Waals surface area contributed by atoms with Crippen LogP contribution in [0.1, 0.15) is 34.6 Å². The molecular formula is C29H30O7S. The first-order valence-electron chi connectivity index (χ1n) is 12.3. The molecular weight excluding hydrogens is 492 g/mol. The highest BCUT2D eigenvalue weighted by molar-refractivity contribution is 7.90. The minimum atomic E-state index is -2.99. The van der Waals surface area contributed by atoms with Crippen molar-refractivity contribution in [1.82, 2.24) is 0 Å². The van der Waals surface area contributed by atoms with Gasteiger partial charge in [0.15, 0.2) is 0 Å². The van der Waals surface area contributed by atoms with Gasteiger partial charge in [-0.3, -0.25) is 4.79 Å². The van der Waals surface area contributed by atoms with Gasteiger partial charge in [0.1, 0.15) is 45.7 Å². The number of aryl methyl sites for hydroxylation is 2. The summed E-state index contributed by atoms with van der Waals surface area (Å²) in [7, 11) is -2.99. The van der Waals surface area contributed by atoms with Crippen LogP contribution in [0.5, 0.6) is 17.2 Å². The van der Waals surface area contributed by atoms with E-state index >= 15 is 0 Å². The number of carboxylic acid groups (broad SMARTS) is 1. The number of rotatable bonds is 10. The fraction of sp³-hybridized carbons (Fsp3) is 0.345. The fourth-order valence-corrected chi connectivity index (χ4v) is 5.82. The van der Waals surface area contributed by atoms with E-state index in [1.807, 2.05) is 56.3 Å². The van der Waals surface area contributed by atoms with Crippen molar-refractivity contribution in [2.45, 2.75) is 38.9 Å². The van der Waals surface area contributed by atoms with Crippen molar-refractivity contribution in [1.29, 1.82) is 0 Å². The van der Waals surface area contributed by atoms with Crippen LogP contribution in [0.25, 0.3) is 11.1 Å². The van der Waals surface area contributed by atoms with Crippen molar-refractivity contribution < 1.29 is 32.5 Å². The van der Waals surface area contributed by atoms with Gasteiger partial charge in [0.25, 0.3) is 0 Å². The van der Waals surface area contributed by atoms with Crippen LogP contribution in [-0.2, 0) is 21.2 Å². The third kappa shape index (κ3) is 5.44. The van der Waals surface area contributed by atoms with Crippen molar-refractivity contribution in [2.24, 2.45) is 5.92 Å². The Labute approximate surface area is 216 Å². The van der Waals surface area contributed by atoms with E-state index in [-0.39, 0.29) is 17.8 Å². The third-order valence-corrected chi connectivity index (χ3v) is 7.93. The second kappa shape index (κ2) is 9.74. The minimum absolute atomic E-state index is 0.0472. The minimum Gasteiger partial charge on any atom is -0.494 e. The molecule has 1 saturated carbocycles. The number of fused-ring (bicyclic) bond motifs is 3. The first-order chi connectivity index (χ1) is 17.6. The van der Waals surface area contributed by atoms with E-state index in [2.05, 4.69) is 12.1 Å². The molecule has 0 aromatic heterocycles. The first-order valence-corrected chi connectivity index (χ1v) is 14.3. The Morgan fingerprint density at radius 1 is 1.00 bits per heavy atom. The quantitative estimate of drug-likeness (QED) is 0.377. The van der Waals surface area contributed by atoms with E-state index in [1.54, 1.807) is 0 Å². The van der Waals surface area contributed by atoms with E-state index < -0.39 is 21.7 Å². The summed E-state index contributed by atoms with van der Waals surface area (Å²) in [5.74, 6) is 0.952. The molecule has 7 nitrogen and oxygen atoms in total. The van der Waals surface area contributed by atoms with Gasteiger partial charge in [0.05, 0.1) is 12.4 Å². The molecule has 2 aliphatic rings. The van der Waals surface area contributed by atoms with E-state index in [9.17, 15) is 18.3 Å². The average molecular weight is 523 g/mol. The zero-order valence-corrected chi connectivity index (χ0v) is 21.9. The Balaban J connectivity index is 1.23. The predicted molar refractivity (Wildman–Crippen MR) is 140 cm³/mol. The maximum Gasteiger partial charge on any atom is 0.311 e. The maximum absolute atomic E-state index is 11.3. The van der Waals surface area contributed by atoms with E-state index in [0.717, 1.165) is 39.1 Å². The Bertz CT molecular complexity index is 1440. The molecule has 194 valence electrons. The Hall–Kier alpha value is -3.52. The number of hydrogen-bond acceptors (Lipinski definition) is 6. The van der Waals surface area contributed by atoms with Crippen LogP contribution in [0.4, 0.5) is 0 Å². The normalized spacial score (nSPS) is 19.5. The van der Waals surface area contributed by atoms with Gasteiger partial charge >= 0.3 is 5.97 Å². The molecule has 1 aliphatic heterocycles. The Morgan fingerprint density at radius 3 is 2.46 bits per heavy atom. The van der Waals surface area contributed by atoms with Gasteiger partial charge in [0.2, 0.25) is 0 Å². The molecule has 1 N–H and O–H groups in total. The second-order valence-corrected chi connectivity index (χ2v) is 12.2. The summed E-state index contributed by atoms with van der Waals surface area (Å²) < 4.78 is 40.3. The van der Waals surface area contributed by atoms with E-state index in [0.29, 0.717) is 31.1 Å². The first kappa shape index (κ1) is 25.1. The number of ether oxygens (including phenoxy) is 3. The summed E-state index contributed by atoms with van der Waals surface area (Å²) in [5, 5.41) is 9.24. The van der Waals surface area contributed by atoms with Crippen molar-refractivity contribution in [2.75, 3.05) is 18.6 Å². The van der Waals surface area contributed by atoms with Gasteiger partial charge in [0, 0.05) is 23.8 Å². The van der Waals surface area contributed by atoms with Gasteiger partial charge in [-0.2, -0.15) is 0 Å². The zero-order chi connectivity index (χ0) is 26.3. The van der Waals surface area contributed by atoms with E-state index in [1.165, 1.54) is 6.26 Å². The number of benzene rings is 3. The van der Waals surface area contributed by atoms with Crippen molar-refractivity contribution in [3.63, 3.8) is 0 Å². The summed E-state index contributed by atoms with van der Waals surface area (Å²) in [4.78, 5) is 11.3. The molecule has 0 bridgehead atoms. The van der Waals surface area contributed by atoms with Crippen LogP contribution in [0, 0.1) is 19.8 Å². The van der Waals surface area contributed by atoms with Gasteiger partial charge < -0.3 is 19.3 Å². The SMILES string of the molecule is Cc1cc(OCCCS(C)(=O)=O)cc(C)c1-c1cccc(COc2ccc3c(c2)O[C@H]2[C@H](C(=O)O)[C@@H]32)c1. The monoisotopic (exact) mass is 522 g/mol. The summed E-state index contributed by atoms with van der Waals surface area (Å²) in [6.45, 7) is 4.82. The largest absolute Gasteiger partial charge is 0.494 e. The third-order valence-electron chi connectivity index (χ3n) is 6.90. The number of aliphatic carboxylic acids is 1. The van der Waals surface area contributed by atoms with Crippen LogP contribution in [0.15, 0.2) is 54.6 Å². The highest BCUT2D eigenvalue weighted by atomic mass is 32.2. The molecule has 0 saturated heterocycles. The van der Waals surface area contributed by atoms with Gasteiger partial charge in [-0.15, -0.1) is 0 Å². The van der Waals surface area contributed by atoms with Crippen LogP contribution in [0.3, 0.4) is 0 Å². The lowest BCUT2D eigenvalue weighted by atomic mass is 9.94. The van der Waals surface area contributed by atoms with Gasteiger partial charge in [-0.1, -0.05) is 24.3 Å². The molecule has 0 spiro atoms. The average Bonchev–Trinajstić information content (AvgIpc) is 3.42. The van der Waals surface area contributed by atoms with Crippen molar-refractivity contribution in [3.05, 3.63) is 76.9 Å². The molecule has 1 heterocycles. The molecule has 5 rings (SSSR count). The Kier molecular flexibility index (Phi) is 6.62. The number of sulfone groups is 1. The molecule has 1 aliphatic carbocycles. The number of hydrogen-bond donors (Lipinski definition) is 1. The molecule has 0 amide bonds. The molecule has 1 fully saturated rings. The summed E-state index contributed by atoms with van der Waals surface area (Å²) >= 11 is 0. The summed E-state index contributed by atoms with van der Waals surface area (Å²) in [5.41, 5.74) is 6.32. The fourth-order valence-electron chi connectivity index (χ4n) is 5.18. The molecule has 0 radical (unpaired) electrons. The predicted octanol–water partition coefficient (Wildman–Crippen LogP) is 4.92. The van der Waals surface area contributed by atoms with Crippen LogP contribution in [-0.4, -0.2) is 44.2 Å². The topological polar surface area (TPSA) is 99.1 Å².